The second-order valence-electron chi connectivity index (χ2n) is 20.2. The summed E-state index contributed by atoms with van der Waals surface area (Å²) < 4.78 is 32.2. The molecule has 3 aromatic heterocycles. The van der Waals surface area contributed by atoms with Crippen LogP contribution in [0.4, 0.5) is 17.1 Å². The standard InChI is InChI=1S/C52H57N11O4S/c1-34-15-18-36(52(8,9)33-50(2,3)4)31-45(34)67-68(65)58-38-19-16-35(17-20-38)48-55-49-46(47(51(5,6)7)56-60(49)57-48)54-37-21-23-39(24-22-37)59(28-12-27-53)29-30-66-40-25-26-43(44(64)32-40)63-61-41-13-10-11-14-42(41)62(61)63/h10-11,13-26,31-32,58,64H,12,28-30,33H2,1-9H3. The highest BCUT2D eigenvalue weighted by Gasteiger charge is 2.35. The number of benzene rings is 5. The zero-order chi connectivity index (χ0) is 48.1. The minimum Gasteiger partial charge on any atom is -0.505 e. The van der Waals surface area contributed by atoms with Crippen molar-refractivity contribution in [1.82, 2.24) is 28.9 Å². The van der Waals surface area contributed by atoms with Gasteiger partial charge in [0.1, 0.15) is 46.3 Å². The maximum Gasteiger partial charge on any atom is 0.316 e. The molecule has 0 saturated carbocycles. The quantitative estimate of drug-likeness (QED) is 0.0967. The minimum absolute atomic E-state index is 0.0855. The molecule has 0 aliphatic carbocycles. The first-order valence-corrected chi connectivity index (χ1v) is 23.9. The number of nitriles is 1. The molecule has 4 heterocycles. The average Bonchev–Trinajstić information content (AvgIpc) is 3.52. The van der Waals surface area contributed by atoms with Crippen LogP contribution in [-0.2, 0) is 16.7 Å². The molecule has 16 heteroatoms. The molecule has 5 aromatic carbocycles. The maximum atomic E-state index is 13.2. The molecule has 1 aliphatic rings. The van der Waals surface area contributed by atoms with Gasteiger partial charge in [0.05, 0.1) is 30.4 Å². The van der Waals surface area contributed by atoms with Gasteiger partial charge in [0.25, 0.3) is 0 Å². The number of aryl methyl sites for hydroxylation is 1. The third-order valence-corrected chi connectivity index (χ3v) is 12.7. The zero-order valence-electron chi connectivity index (χ0n) is 40.0. The van der Waals surface area contributed by atoms with Crippen LogP contribution in [0.2, 0.25) is 0 Å². The van der Waals surface area contributed by atoms with Gasteiger partial charge in [-0.2, -0.15) is 14.6 Å². The third-order valence-electron chi connectivity index (χ3n) is 11.9. The number of phenolic OH excluding ortho intramolecular Hbond substituents is 1. The highest BCUT2D eigenvalue weighted by atomic mass is 32.2. The fraction of sp³-hybridized carbons (Fsp3) is 0.327. The minimum atomic E-state index is -1.84. The Morgan fingerprint density at radius 1 is 0.868 bits per heavy atom. The Morgan fingerprint density at radius 2 is 1.57 bits per heavy atom. The molecule has 8 aromatic rings. The SMILES string of the molecule is Cc1ccc(C(C)(C)CC(C)(C)C)cc1OS(=O)Nc1ccc(-c2nc3n(n2)N=C(C(C)(C)C)C3=Nc2ccc(N(CCC#N)CCOc3ccc(-n4n5c6ccccc6n45)c(O)c3)cc2)cc1. The van der Waals surface area contributed by atoms with Gasteiger partial charge in [-0.3, -0.25) is 4.72 Å². The van der Waals surface area contributed by atoms with Crippen molar-refractivity contribution >= 4 is 50.8 Å². The van der Waals surface area contributed by atoms with Crippen molar-refractivity contribution in [1.29, 1.82) is 5.26 Å². The van der Waals surface area contributed by atoms with E-state index in [9.17, 15) is 14.6 Å². The average molecular weight is 932 g/mol. The van der Waals surface area contributed by atoms with Crippen LogP contribution < -0.4 is 18.5 Å². The van der Waals surface area contributed by atoms with Gasteiger partial charge in [0.2, 0.25) is 5.82 Å². The van der Waals surface area contributed by atoms with E-state index in [1.54, 1.807) is 6.07 Å². The zero-order valence-corrected chi connectivity index (χ0v) is 40.8. The lowest BCUT2D eigenvalue weighted by Crippen LogP contribution is -2.29. The van der Waals surface area contributed by atoms with Crippen LogP contribution in [0.3, 0.4) is 0 Å². The van der Waals surface area contributed by atoms with Crippen LogP contribution in [-0.4, -0.2) is 69.4 Å². The number of para-hydroxylation sites is 2. The lowest BCUT2D eigenvalue weighted by molar-refractivity contribution is 0.284. The Morgan fingerprint density at radius 3 is 2.22 bits per heavy atom. The van der Waals surface area contributed by atoms with Gasteiger partial charge in [0, 0.05) is 35.0 Å². The Balaban J connectivity index is 0.855. The van der Waals surface area contributed by atoms with Crippen LogP contribution in [0.1, 0.15) is 85.2 Å². The number of nitrogens with one attached hydrogen (secondary N) is 1. The monoisotopic (exact) mass is 931 g/mol. The van der Waals surface area contributed by atoms with Gasteiger partial charge in [-0.1, -0.05) is 79.7 Å². The van der Waals surface area contributed by atoms with Crippen LogP contribution >= 0.6 is 0 Å². The Hall–Kier alpha value is -7.38. The molecule has 0 bridgehead atoms. The van der Waals surface area contributed by atoms with Gasteiger partial charge in [-0.15, -0.1) is 23.9 Å². The summed E-state index contributed by atoms with van der Waals surface area (Å²) in [6.07, 6.45) is 1.33. The number of aromatic hydroxyl groups is 1. The summed E-state index contributed by atoms with van der Waals surface area (Å²) >= 11 is -1.84. The summed E-state index contributed by atoms with van der Waals surface area (Å²) in [6, 6.07) is 37.0. The van der Waals surface area contributed by atoms with Crippen molar-refractivity contribution in [3.8, 4) is 40.4 Å². The summed E-state index contributed by atoms with van der Waals surface area (Å²) in [5, 5.41) is 29.9. The lowest BCUT2D eigenvalue weighted by Gasteiger charge is -2.33. The van der Waals surface area contributed by atoms with Crippen LogP contribution in [0.5, 0.6) is 17.2 Å². The molecule has 1 unspecified atom stereocenters. The van der Waals surface area contributed by atoms with E-state index in [0.717, 1.165) is 45.5 Å². The van der Waals surface area contributed by atoms with Gasteiger partial charge in [-0.05, 0) is 114 Å². The fourth-order valence-corrected chi connectivity index (χ4v) is 9.59. The lowest BCUT2D eigenvalue weighted by atomic mass is 9.72. The van der Waals surface area contributed by atoms with Gasteiger partial charge >= 0.3 is 11.3 Å². The molecule has 0 spiro atoms. The Labute approximate surface area is 399 Å². The number of rotatable bonds is 16. The predicted octanol–water partition coefficient (Wildman–Crippen LogP) is 10.7. The maximum absolute atomic E-state index is 13.2. The summed E-state index contributed by atoms with van der Waals surface area (Å²) in [5.41, 5.74) is 8.99. The molecule has 0 fully saturated rings. The fourth-order valence-electron chi connectivity index (χ4n) is 8.88. The van der Waals surface area contributed by atoms with Gasteiger partial charge in [0.15, 0.2) is 5.82 Å². The second-order valence-corrected chi connectivity index (χ2v) is 21.0. The van der Waals surface area contributed by atoms with Crippen LogP contribution in [0, 0.1) is 29.1 Å². The van der Waals surface area contributed by atoms with E-state index in [-0.39, 0.29) is 22.0 Å². The number of hydrogen-bond donors (Lipinski definition) is 2. The molecule has 0 saturated heterocycles. The Bertz CT molecular complexity index is 3200. The van der Waals surface area contributed by atoms with Gasteiger partial charge in [-0.25, -0.2) is 9.98 Å². The first-order chi connectivity index (χ1) is 32.4. The molecule has 0 amide bonds. The molecule has 350 valence electrons. The number of anilines is 2. The largest absolute Gasteiger partial charge is 0.505 e. The van der Waals surface area contributed by atoms with E-state index >= 15 is 0 Å². The molecule has 1 aliphatic heterocycles. The normalized spacial score (nSPS) is 14.1. The summed E-state index contributed by atoms with van der Waals surface area (Å²) in [4.78, 5) is 15.5. The molecular weight excluding hydrogens is 875 g/mol. The molecular formula is C52H57N11O4S. The number of nitrogens with zero attached hydrogens (tertiary/aromatic N) is 10. The van der Waals surface area contributed by atoms with E-state index in [1.807, 2.05) is 118 Å². The molecule has 2 N–H and O–H groups in total. The number of aromatic nitrogens is 6. The first kappa shape index (κ1) is 45.8. The second kappa shape index (κ2) is 17.7. The van der Waals surface area contributed by atoms with Crippen LogP contribution in [0.15, 0.2) is 119 Å². The van der Waals surface area contributed by atoms with Crippen molar-refractivity contribution in [2.24, 2.45) is 20.9 Å². The van der Waals surface area contributed by atoms with E-state index < -0.39 is 11.3 Å². The third kappa shape index (κ3) is 9.44. The predicted molar refractivity (Wildman–Crippen MR) is 270 cm³/mol. The van der Waals surface area contributed by atoms with E-state index in [0.29, 0.717) is 72.0 Å². The van der Waals surface area contributed by atoms with E-state index in [1.165, 1.54) is 4.79 Å². The van der Waals surface area contributed by atoms with Crippen molar-refractivity contribution < 1.29 is 18.2 Å². The number of ether oxygens (including phenoxy) is 1. The molecule has 1 atom stereocenters. The molecule has 0 radical (unpaired) electrons. The topological polar surface area (TPSA) is 164 Å². The summed E-state index contributed by atoms with van der Waals surface area (Å²) in [6.45, 7) is 20.7. The smallest absolute Gasteiger partial charge is 0.316 e. The van der Waals surface area contributed by atoms with Crippen molar-refractivity contribution in [2.45, 2.75) is 80.6 Å². The number of phenols is 1. The first-order valence-electron chi connectivity index (χ1n) is 22.8. The van der Waals surface area contributed by atoms with Gasteiger partial charge < -0.3 is 18.9 Å². The number of hydrogen-bond acceptors (Lipinski definition) is 10. The molecule has 9 rings (SSSR count). The van der Waals surface area contributed by atoms with E-state index in [4.69, 9.17) is 29.1 Å². The Kier molecular flexibility index (Phi) is 11.9. The van der Waals surface area contributed by atoms with Crippen molar-refractivity contribution in [2.75, 3.05) is 29.3 Å². The van der Waals surface area contributed by atoms with Crippen LogP contribution in [0.25, 0.3) is 28.1 Å². The van der Waals surface area contributed by atoms with E-state index in [2.05, 4.69) is 77.1 Å². The number of fused-ring (bicyclic) bond motifs is 5. The van der Waals surface area contributed by atoms with Crippen molar-refractivity contribution in [3.63, 3.8) is 0 Å². The highest BCUT2D eigenvalue weighted by Crippen LogP contribution is 2.39. The summed E-state index contributed by atoms with van der Waals surface area (Å²) in [7, 11) is 0. The highest BCUT2D eigenvalue weighted by molar-refractivity contribution is 7.82. The van der Waals surface area contributed by atoms with Crippen molar-refractivity contribution in [3.05, 3.63) is 126 Å². The number of aliphatic imine (C=N–C) groups is 1. The molecule has 68 heavy (non-hydrogen) atoms. The summed E-state index contributed by atoms with van der Waals surface area (Å²) in [5.74, 6) is 2.25. The molecule has 15 nitrogen and oxygen atoms in total.